The maximum Gasteiger partial charge on any atom is 0.208 e. The van der Waals surface area contributed by atoms with Crippen molar-refractivity contribution in [2.24, 2.45) is 0 Å². The van der Waals surface area contributed by atoms with E-state index in [0.29, 0.717) is 24.3 Å². The van der Waals surface area contributed by atoms with Gasteiger partial charge in [0.2, 0.25) is 10.0 Å². The summed E-state index contributed by atoms with van der Waals surface area (Å²) in [5.41, 5.74) is 2.61. The molecular formula is C15H18N2O3S3. The Morgan fingerprint density at radius 3 is 2.57 bits per heavy atom. The van der Waals surface area contributed by atoms with Gasteiger partial charge in [0.15, 0.2) is 10.1 Å². The molecule has 1 aromatic carbocycles. The molecule has 2 rings (SSSR count). The summed E-state index contributed by atoms with van der Waals surface area (Å²) >= 11 is 2.99. The highest BCUT2D eigenvalue weighted by molar-refractivity contribution is 8.01. The van der Waals surface area contributed by atoms with E-state index in [0.717, 1.165) is 21.9 Å². The number of nitrogens with one attached hydrogen (secondary N) is 1. The van der Waals surface area contributed by atoms with Gasteiger partial charge >= 0.3 is 0 Å². The third kappa shape index (κ3) is 6.42. The molecule has 23 heavy (non-hydrogen) atoms. The molecule has 1 aromatic heterocycles. The number of hydrogen-bond acceptors (Lipinski definition) is 6. The molecule has 2 aromatic rings. The van der Waals surface area contributed by atoms with E-state index in [2.05, 4.69) is 9.71 Å². The van der Waals surface area contributed by atoms with Gasteiger partial charge in [-0.3, -0.25) is 4.79 Å². The van der Waals surface area contributed by atoms with Gasteiger partial charge in [-0.25, -0.2) is 18.1 Å². The van der Waals surface area contributed by atoms with E-state index in [4.69, 9.17) is 0 Å². The molecule has 8 heteroatoms. The van der Waals surface area contributed by atoms with Gasteiger partial charge in [0.05, 0.1) is 12.0 Å². The lowest BCUT2D eigenvalue weighted by Gasteiger charge is -2.04. The molecule has 0 aliphatic rings. The fraction of sp³-hybridized carbons (Fsp3) is 0.333. The van der Waals surface area contributed by atoms with Crippen molar-refractivity contribution >= 4 is 38.9 Å². The maximum absolute atomic E-state index is 12.1. The van der Waals surface area contributed by atoms with Gasteiger partial charge in [-0.1, -0.05) is 36.0 Å². The lowest BCUT2D eigenvalue weighted by atomic mass is 10.1. The zero-order chi connectivity index (χ0) is 16.9. The van der Waals surface area contributed by atoms with Gasteiger partial charge in [-0.2, -0.15) is 0 Å². The van der Waals surface area contributed by atoms with Crippen LogP contribution in [-0.4, -0.2) is 37.7 Å². The number of rotatable bonds is 8. The van der Waals surface area contributed by atoms with Crippen molar-refractivity contribution in [3.63, 3.8) is 0 Å². The summed E-state index contributed by atoms with van der Waals surface area (Å²) in [6.45, 7) is 2.28. The summed E-state index contributed by atoms with van der Waals surface area (Å²) in [6, 6.07) is 7.28. The zero-order valence-corrected chi connectivity index (χ0v) is 15.4. The smallest absolute Gasteiger partial charge is 0.208 e. The van der Waals surface area contributed by atoms with Gasteiger partial charge in [0, 0.05) is 23.2 Å². The number of benzene rings is 1. The fourth-order valence-electron chi connectivity index (χ4n) is 1.85. The number of thiazole rings is 1. The molecule has 0 bridgehead atoms. The van der Waals surface area contributed by atoms with Crippen LogP contribution in [0.1, 0.15) is 21.6 Å². The highest BCUT2D eigenvalue weighted by Gasteiger charge is 2.09. The Morgan fingerprint density at radius 2 is 2.00 bits per heavy atom. The Kier molecular flexibility index (Phi) is 6.34. The van der Waals surface area contributed by atoms with Crippen molar-refractivity contribution in [2.45, 2.75) is 17.7 Å². The highest BCUT2D eigenvalue weighted by atomic mass is 32.2. The number of thioether (sulfide) groups is 1. The lowest BCUT2D eigenvalue weighted by Crippen LogP contribution is -2.24. The van der Waals surface area contributed by atoms with Crippen molar-refractivity contribution in [3.05, 3.63) is 46.5 Å². The summed E-state index contributed by atoms with van der Waals surface area (Å²) in [6.07, 6.45) is 1.73. The van der Waals surface area contributed by atoms with E-state index >= 15 is 0 Å². The predicted molar refractivity (Wildman–Crippen MR) is 94.9 cm³/mol. The summed E-state index contributed by atoms with van der Waals surface area (Å²) < 4.78 is 25.3. The first kappa shape index (κ1) is 18.1. The third-order valence-corrected chi connectivity index (χ3v) is 5.85. The summed E-state index contributed by atoms with van der Waals surface area (Å²) in [4.78, 5) is 16.5. The largest absolute Gasteiger partial charge is 0.293 e. The Hall–Kier alpha value is -1.22. The number of hydrogen-bond donors (Lipinski definition) is 1. The van der Waals surface area contributed by atoms with Crippen LogP contribution in [0.5, 0.6) is 0 Å². The van der Waals surface area contributed by atoms with E-state index < -0.39 is 10.0 Å². The van der Waals surface area contributed by atoms with Crippen LogP contribution in [-0.2, 0) is 16.4 Å². The fourth-order valence-corrected chi connectivity index (χ4v) is 4.06. The first-order chi connectivity index (χ1) is 10.8. The van der Waals surface area contributed by atoms with Crippen LogP contribution < -0.4 is 4.72 Å². The number of aromatic nitrogens is 1. The third-order valence-electron chi connectivity index (χ3n) is 2.98. The van der Waals surface area contributed by atoms with Crippen LogP contribution in [0, 0.1) is 6.92 Å². The van der Waals surface area contributed by atoms with Crippen molar-refractivity contribution < 1.29 is 13.2 Å². The van der Waals surface area contributed by atoms with E-state index in [9.17, 15) is 13.2 Å². The minimum atomic E-state index is -3.16. The monoisotopic (exact) mass is 370 g/mol. The van der Waals surface area contributed by atoms with E-state index in [-0.39, 0.29) is 5.78 Å². The van der Waals surface area contributed by atoms with Crippen LogP contribution in [0.15, 0.2) is 34.0 Å². The number of ketones is 1. The molecule has 124 valence electrons. The van der Waals surface area contributed by atoms with Crippen LogP contribution in [0.25, 0.3) is 0 Å². The Balaban J connectivity index is 1.84. The molecule has 0 aliphatic carbocycles. The van der Waals surface area contributed by atoms with Gasteiger partial charge in [-0.05, 0) is 18.9 Å². The Labute approximate surface area is 144 Å². The predicted octanol–water partition coefficient (Wildman–Crippen LogP) is 2.52. The van der Waals surface area contributed by atoms with E-state index in [1.165, 1.54) is 11.8 Å². The number of carbonyl (C=O) groups is 1. The minimum absolute atomic E-state index is 0.0589. The minimum Gasteiger partial charge on any atom is -0.293 e. The number of carbonyl (C=O) groups excluding carboxylic acids is 1. The topological polar surface area (TPSA) is 76.1 Å². The first-order valence-corrected chi connectivity index (χ1v) is 10.7. The number of sulfonamides is 1. The summed E-state index contributed by atoms with van der Waals surface area (Å²) in [5, 5.41) is 1.96. The van der Waals surface area contributed by atoms with Crippen LogP contribution in [0.2, 0.25) is 0 Å². The molecule has 0 saturated carbocycles. The van der Waals surface area contributed by atoms with Gasteiger partial charge in [0.1, 0.15) is 0 Å². The Morgan fingerprint density at radius 1 is 1.30 bits per heavy atom. The average molecular weight is 371 g/mol. The second-order valence-corrected chi connectivity index (χ2v) is 8.99. The van der Waals surface area contributed by atoms with E-state index in [1.807, 2.05) is 24.4 Å². The molecule has 0 unspecified atom stereocenters. The number of Topliss-reactive ketones (excluding diaryl/α,β-unsaturated/α-hetero) is 1. The standard InChI is InChI=1S/C15H18N2O3S3/c1-11-9-21-15(17-11)22-10-14(18)13-5-3-12(4-6-13)7-8-16-23(2,19)20/h3-6,9,16H,7-8,10H2,1-2H3. The van der Waals surface area contributed by atoms with Crippen molar-refractivity contribution in [2.75, 3.05) is 18.6 Å². The first-order valence-electron chi connectivity index (χ1n) is 6.95. The molecule has 5 nitrogen and oxygen atoms in total. The molecule has 1 heterocycles. The van der Waals surface area contributed by atoms with Crippen molar-refractivity contribution in [3.8, 4) is 0 Å². The van der Waals surface area contributed by atoms with E-state index in [1.54, 1.807) is 23.5 Å². The van der Waals surface area contributed by atoms with Crippen molar-refractivity contribution in [1.29, 1.82) is 0 Å². The second kappa shape index (κ2) is 8.05. The molecule has 0 amide bonds. The number of aryl methyl sites for hydroxylation is 1. The second-order valence-electron chi connectivity index (χ2n) is 5.08. The quantitative estimate of drug-likeness (QED) is 0.571. The molecule has 0 fully saturated rings. The molecule has 0 spiro atoms. The Bertz CT molecular complexity index is 768. The summed E-state index contributed by atoms with van der Waals surface area (Å²) in [7, 11) is -3.16. The molecule has 0 radical (unpaired) electrons. The molecule has 0 saturated heterocycles. The SMILES string of the molecule is Cc1csc(SCC(=O)c2ccc(CCNS(C)(=O)=O)cc2)n1. The van der Waals surface area contributed by atoms with Gasteiger partial charge < -0.3 is 0 Å². The highest BCUT2D eigenvalue weighted by Crippen LogP contribution is 2.23. The number of nitrogens with zero attached hydrogens (tertiary/aromatic N) is 1. The van der Waals surface area contributed by atoms with Crippen LogP contribution in [0.4, 0.5) is 0 Å². The molecule has 0 atom stereocenters. The van der Waals surface area contributed by atoms with Crippen LogP contribution in [0.3, 0.4) is 0 Å². The average Bonchev–Trinajstić information content (AvgIpc) is 2.90. The van der Waals surface area contributed by atoms with Gasteiger partial charge in [-0.15, -0.1) is 11.3 Å². The molecular weight excluding hydrogens is 352 g/mol. The zero-order valence-electron chi connectivity index (χ0n) is 12.9. The normalized spacial score (nSPS) is 11.6. The molecule has 1 N–H and O–H groups in total. The maximum atomic E-state index is 12.1. The lowest BCUT2D eigenvalue weighted by molar-refractivity contribution is 0.102. The molecule has 0 aliphatic heterocycles. The van der Waals surface area contributed by atoms with Crippen molar-refractivity contribution in [1.82, 2.24) is 9.71 Å². The van der Waals surface area contributed by atoms with Crippen LogP contribution >= 0.6 is 23.1 Å². The van der Waals surface area contributed by atoms with Gasteiger partial charge in [0.25, 0.3) is 0 Å². The summed E-state index contributed by atoms with van der Waals surface area (Å²) in [5.74, 6) is 0.422.